The van der Waals surface area contributed by atoms with Gasteiger partial charge in [0.15, 0.2) is 0 Å². The van der Waals surface area contributed by atoms with Crippen LogP contribution in [0.3, 0.4) is 0 Å². The van der Waals surface area contributed by atoms with Crippen LogP contribution in [0.4, 0.5) is 10.5 Å². The summed E-state index contributed by atoms with van der Waals surface area (Å²) in [5.74, 6) is -0.226. The lowest BCUT2D eigenvalue weighted by Gasteiger charge is -2.32. The minimum Gasteiger partial charge on any atom is -0.444 e. The molecule has 26 heavy (non-hydrogen) atoms. The molecule has 0 bridgehead atoms. The molecule has 1 aromatic heterocycles. The van der Waals surface area contributed by atoms with E-state index >= 15 is 0 Å². The van der Waals surface area contributed by atoms with Crippen LogP contribution in [0.1, 0.15) is 56.8 Å². The fraction of sp³-hybridized carbons (Fsp3) is 0.611. The summed E-state index contributed by atoms with van der Waals surface area (Å²) in [6, 6.07) is 1.79. The summed E-state index contributed by atoms with van der Waals surface area (Å²) in [7, 11) is 1.57. The number of nitrogens with one attached hydrogen (secondary N) is 3. The molecule has 1 saturated carbocycles. The van der Waals surface area contributed by atoms with Crippen LogP contribution in [0, 0.1) is 0 Å². The van der Waals surface area contributed by atoms with Gasteiger partial charge in [0.2, 0.25) is 0 Å². The third-order valence-electron chi connectivity index (χ3n) is 4.10. The minimum absolute atomic E-state index is 0.0249. The van der Waals surface area contributed by atoms with E-state index in [1.165, 1.54) is 6.20 Å². The third kappa shape index (κ3) is 6.05. The monoisotopic (exact) mass is 382 g/mol. The molecule has 0 radical (unpaired) electrons. The van der Waals surface area contributed by atoms with Gasteiger partial charge in [-0.05, 0) is 52.5 Å². The highest BCUT2D eigenvalue weighted by atomic mass is 35.5. The number of hydrogen-bond donors (Lipinski definition) is 3. The molecule has 1 aliphatic rings. The Bertz CT molecular complexity index is 660. The standard InChI is InChI=1S/C18H27ClN4O3/c1-18(2,3)26-17(25)23-12-7-5-6-11(8-12)22-14-9-15(19)21-10-13(14)16(24)20-4/h9-12H,5-8H2,1-4H3,(H,20,24)(H,21,22)(H,23,25). The first kappa shape index (κ1) is 20.3. The van der Waals surface area contributed by atoms with Crippen LogP contribution in [0.2, 0.25) is 5.15 Å². The van der Waals surface area contributed by atoms with E-state index in [-0.39, 0.29) is 18.0 Å². The van der Waals surface area contributed by atoms with Gasteiger partial charge in [0.05, 0.1) is 11.3 Å². The van der Waals surface area contributed by atoms with Gasteiger partial charge in [0.1, 0.15) is 10.8 Å². The van der Waals surface area contributed by atoms with Gasteiger partial charge in [0.25, 0.3) is 5.91 Å². The van der Waals surface area contributed by atoms with Gasteiger partial charge in [-0.1, -0.05) is 11.6 Å². The van der Waals surface area contributed by atoms with E-state index in [0.717, 1.165) is 25.7 Å². The number of nitrogens with zero attached hydrogens (tertiary/aromatic N) is 1. The molecule has 0 aliphatic heterocycles. The second-order valence-corrected chi connectivity index (χ2v) is 7.87. The van der Waals surface area contributed by atoms with E-state index in [4.69, 9.17) is 16.3 Å². The number of anilines is 1. The van der Waals surface area contributed by atoms with Crippen molar-refractivity contribution in [2.75, 3.05) is 12.4 Å². The Morgan fingerprint density at radius 1 is 1.27 bits per heavy atom. The summed E-state index contributed by atoms with van der Waals surface area (Å²) < 4.78 is 5.33. The van der Waals surface area contributed by atoms with Crippen molar-refractivity contribution >= 4 is 29.3 Å². The number of ether oxygens (including phenoxy) is 1. The molecular weight excluding hydrogens is 356 g/mol. The number of pyridine rings is 1. The van der Waals surface area contributed by atoms with E-state index in [1.807, 2.05) is 20.8 Å². The molecular formula is C18H27ClN4O3. The van der Waals surface area contributed by atoms with E-state index in [1.54, 1.807) is 13.1 Å². The molecule has 144 valence electrons. The Balaban J connectivity index is 2.01. The number of carbonyl (C=O) groups excluding carboxylic acids is 2. The van der Waals surface area contributed by atoms with Crippen molar-refractivity contribution in [3.63, 3.8) is 0 Å². The van der Waals surface area contributed by atoms with Crippen molar-refractivity contribution < 1.29 is 14.3 Å². The quantitative estimate of drug-likeness (QED) is 0.694. The van der Waals surface area contributed by atoms with Crippen LogP contribution >= 0.6 is 11.6 Å². The maximum Gasteiger partial charge on any atom is 0.407 e. The Hall–Kier alpha value is -2.02. The van der Waals surface area contributed by atoms with E-state index in [2.05, 4.69) is 20.9 Å². The molecule has 2 atom stereocenters. The molecule has 0 spiro atoms. The Labute approximate surface area is 159 Å². The maximum atomic E-state index is 12.0. The van der Waals surface area contributed by atoms with Gasteiger partial charge >= 0.3 is 6.09 Å². The van der Waals surface area contributed by atoms with Crippen LogP contribution in [0.15, 0.2) is 12.3 Å². The van der Waals surface area contributed by atoms with Crippen LogP contribution < -0.4 is 16.0 Å². The second kappa shape index (κ2) is 8.58. The second-order valence-electron chi connectivity index (χ2n) is 7.48. The highest BCUT2D eigenvalue weighted by Gasteiger charge is 2.26. The molecule has 1 aliphatic carbocycles. The molecule has 2 unspecified atom stereocenters. The molecule has 1 fully saturated rings. The highest BCUT2D eigenvalue weighted by molar-refractivity contribution is 6.29. The minimum atomic E-state index is -0.521. The normalized spacial score (nSPS) is 20.2. The molecule has 1 aromatic rings. The van der Waals surface area contributed by atoms with Crippen molar-refractivity contribution in [1.29, 1.82) is 0 Å². The fourth-order valence-electron chi connectivity index (χ4n) is 3.01. The Morgan fingerprint density at radius 3 is 2.62 bits per heavy atom. The van der Waals surface area contributed by atoms with Crippen molar-refractivity contribution in [1.82, 2.24) is 15.6 Å². The zero-order valence-electron chi connectivity index (χ0n) is 15.7. The number of carbonyl (C=O) groups is 2. The molecule has 2 rings (SSSR count). The number of halogens is 1. The van der Waals surface area contributed by atoms with Crippen LogP contribution in [0.25, 0.3) is 0 Å². The molecule has 8 heteroatoms. The fourth-order valence-corrected chi connectivity index (χ4v) is 3.17. The lowest BCUT2D eigenvalue weighted by molar-refractivity contribution is 0.0492. The van der Waals surface area contributed by atoms with Gasteiger partial charge in [0, 0.05) is 25.3 Å². The summed E-state index contributed by atoms with van der Waals surface area (Å²) in [6.45, 7) is 5.52. The summed E-state index contributed by atoms with van der Waals surface area (Å²) in [5, 5.41) is 9.23. The number of rotatable bonds is 4. The lowest BCUT2D eigenvalue weighted by Crippen LogP contribution is -2.44. The summed E-state index contributed by atoms with van der Waals surface area (Å²) in [6.07, 6.45) is 4.61. The van der Waals surface area contributed by atoms with Gasteiger partial charge in [-0.3, -0.25) is 4.79 Å². The molecule has 3 N–H and O–H groups in total. The SMILES string of the molecule is CNC(=O)c1cnc(Cl)cc1NC1CCCC(NC(=O)OC(C)(C)C)C1. The number of alkyl carbamates (subject to hydrolysis) is 1. The molecule has 0 saturated heterocycles. The van der Waals surface area contributed by atoms with E-state index in [9.17, 15) is 9.59 Å². The van der Waals surface area contributed by atoms with E-state index < -0.39 is 11.7 Å². The van der Waals surface area contributed by atoms with Crippen molar-refractivity contribution in [3.8, 4) is 0 Å². The van der Waals surface area contributed by atoms with Gasteiger partial charge in [-0.15, -0.1) is 0 Å². The molecule has 1 heterocycles. The first-order valence-corrected chi connectivity index (χ1v) is 9.19. The summed E-state index contributed by atoms with van der Waals surface area (Å²) in [5.41, 5.74) is 0.568. The maximum absolute atomic E-state index is 12.0. The summed E-state index contributed by atoms with van der Waals surface area (Å²) in [4.78, 5) is 28.0. The average molecular weight is 383 g/mol. The Kier molecular flexibility index (Phi) is 6.69. The molecule has 7 nitrogen and oxygen atoms in total. The third-order valence-corrected chi connectivity index (χ3v) is 4.30. The van der Waals surface area contributed by atoms with Crippen LogP contribution in [0.5, 0.6) is 0 Å². The smallest absolute Gasteiger partial charge is 0.407 e. The predicted molar refractivity (Wildman–Crippen MR) is 102 cm³/mol. The van der Waals surface area contributed by atoms with Crippen LogP contribution in [-0.4, -0.2) is 41.7 Å². The van der Waals surface area contributed by atoms with Gasteiger partial charge < -0.3 is 20.7 Å². The van der Waals surface area contributed by atoms with Crippen molar-refractivity contribution in [2.45, 2.75) is 64.1 Å². The number of amides is 2. The lowest BCUT2D eigenvalue weighted by atomic mass is 9.90. The Morgan fingerprint density at radius 2 is 1.96 bits per heavy atom. The first-order valence-electron chi connectivity index (χ1n) is 8.81. The molecule has 0 aromatic carbocycles. The van der Waals surface area contributed by atoms with Gasteiger partial charge in [-0.2, -0.15) is 0 Å². The van der Waals surface area contributed by atoms with Crippen LogP contribution in [-0.2, 0) is 4.74 Å². The van der Waals surface area contributed by atoms with Crippen molar-refractivity contribution in [2.24, 2.45) is 0 Å². The largest absolute Gasteiger partial charge is 0.444 e. The van der Waals surface area contributed by atoms with E-state index in [0.29, 0.717) is 16.4 Å². The summed E-state index contributed by atoms with van der Waals surface area (Å²) >= 11 is 5.99. The number of hydrogen-bond acceptors (Lipinski definition) is 5. The van der Waals surface area contributed by atoms with Gasteiger partial charge in [-0.25, -0.2) is 9.78 Å². The highest BCUT2D eigenvalue weighted by Crippen LogP contribution is 2.26. The zero-order valence-corrected chi connectivity index (χ0v) is 16.4. The topological polar surface area (TPSA) is 92.4 Å². The molecule has 2 amide bonds. The number of aromatic nitrogens is 1. The first-order chi connectivity index (χ1) is 12.2. The van der Waals surface area contributed by atoms with Crippen molar-refractivity contribution in [3.05, 3.63) is 23.0 Å². The zero-order chi connectivity index (χ0) is 19.3. The predicted octanol–water partition coefficient (Wildman–Crippen LogP) is 3.34. The average Bonchev–Trinajstić information content (AvgIpc) is 2.52.